The summed E-state index contributed by atoms with van der Waals surface area (Å²) in [5.41, 5.74) is 0.987. The average molecular weight is 262 g/mol. The van der Waals surface area contributed by atoms with E-state index in [0.29, 0.717) is 11.4 Å². The molecule has 1 N–H and O–H groups in total. The molecule has 18 heavy (non-hydrogen) atoms. The van der Waals surface area contributed by atoms with Crippen molar-refractivity contribution >= 4 is 28.3 Å². The lowest BCUT2D eigenvalue weighted by Gasteiger charge is -2.26. The molecule has 0 radical (unpaired) electrons. The first kappa shape index (κ1) is 11.7. The molecule has 4 heteroatoms. The van der Waals surface area contributed by atoms with Crippen LogP contribution in [0.5, 0.6) is 0 Å². The molecule has 94 valence electrons. The molecule has 1 aliphatic rings. The van der Waals surface area contributed by atoms with Crippen molar-refractivity contribution in [1.29, 1.82) is 0 Å². The van der Waals surface area contributed by atoms with E-state index in [9.17, 15) is 0 Å². The number of halogens is 1. The summed E-state index contributed by atoms with van der Waals surface area (Å²) in [4.78, 5) is 8.64. The number of aromatic nitrogens is 2. The molecule has 0 saturated heterocycles. The third kappa shape index (κ3) is 2.41. The van der Waals surface area contributed by atoms with Crippen molar-refractivity contribution in [3.05, 3.63) is 30.6 Å². The van der Waals surface area contributed by atoms with E-state index in [-0.39, 0.29) is 0 Å². The second-order valence-electron chi connectivity index (χ2n) is 4.83. The average Bonchev–Trinajstić information content (AvgIpc) is 2.42. The predicted octanol–water partition coefficient (Wildman–Crippen LogP) is 3.59. The molecule has 1 aromatic heterocycles. The molecule has 0 aliphatic heterocycles. The van der Waals surface area contributed by atoms with E-state index >= 15 is 0 Å². The predicted molar refractivity (Wildman–Crippen MR) is 75.1 cm³/mol. The molecule has 0 amide bonds. The van der Waals surface area contributed by atoms with Gasteiger partial charge in [-0.15, -0.1) is 11.6 Å². The summed E-state index contributed by atoms with van der Waals surface area (Å²) in [5, 5.41) is 4.98. The normalized spacial score (nSPS) is 24.1. The maximum absolute atomic E-state index is 6.13. The lowest BCUT2D eigenvalue weighted by molar-refractivity contribution is 0.468. The number of fused-ring (bicyclic) bond motifs is 1. The van der Waals surface area contributed by atoms with Crippen LogP contribution in [0.2, 0.25) is 0 Å². The van der Waals surface area contributed by atoms with E-state index < -0.39 is 0 Å². The van der Waals surface area contributed by atoms with E-state index in [1.54, 1.807) is 6.33 Å². The lowest BCUT2D eigenvalue weighted by atomic mass is 9.95. The highest BCUT2D eigenvalue weighted by Gasteiger charge is 2.20. The lowest BCUT2D eigenvalue weighted by Crippen LogP contribution is -2.26. The molecule has 2 aromatic rings. The van der Waals surface area contributed by atoms with Gasteiger partial charge in [-0.2, -0.15) is 0 Å². The van der Waals surface area contributed by atoms with Crippen molar-refractivity contribution in [2.75, 3.05) is 5.32 Å². The Bertz CT molecular complexity index is 530. The Hall–Kier alpha value is -1.35. The molecule has 0 atom stereocenters. The minimum atomic E-state index is 0.352. The van der Waals surface area contributed by atoms with Gasteiger partial charge < -0.3 is 5.32 Å². The van der Waals surface area contributed by atoms with Crippen LogP contribution in [0.4, 0.5) is 5.82 Å². The first-order chi connectivity index (χ1) is 8.83. The maximum Gasteiger partial charge on any atom is 0.137 e. The quantitative estimate of drug-likeness (QED) is 0.840. The van der Waals surface area contributed by atoms with Crippen molar-refractivity contribution in [2.24, 2.45) is 0 Å². The van der Waals surface area contributed by atoms with Crippen molar-refractivity contribution in [2.45, 2.75) is 37.1 Å². The molecular formula is C14H16ClN3. The number of nitrogens with zero attached hydrogens (tertiary/aromatic N) is 2. The van der Waals surface area contributed by atoms with Gasteiger partial charge >= 0.3 is 0 Å². The second-order valence-corrected chi connectivity index (χ2v) is 5.45. The van der Waals surface area contributed by atoms with Gasteiger partial charge in [-0.1, -0.05) is 12.1 Å². The maximum atomic E-state index is 6.13. The van der Waals surface area contributed by atoms with Gasteiger partial charge in [-0.05, 0) is 37.8 Å². The number of para-hydroxylation sites is 1. The van der Waals surface area contributed by atoms with Crippen molar-refractivity contribution in [3.8, 4) is 0 Å². The zero-order valence-electron chi connectivity index (χ0n) is 10.1. The Morgan fingerprint density at radius 1 is 1.06 bits per heavy atom. The number of alkyl halides is 1. The van der Waals surface area contributed by atoms with Gasteiger partial charge in [-0.3, -0.25) is 0 Å². The van der Waals surface area contributed by atoms with Crippen LogP contribution in [-0.2, 0) is 0 Å². The smallest absolute Gasteiger partial charge is 0.137 e. The van der Waals surface area contributed by atoms with E-state index in [1.165, 1.54) is 0 Å². The second kappa shape index (κ2) is 5.11. The fourth-order valence-corrected chi connectivity index (χ4v) is 2.76. The molecule has 1 heterocycles. The fraction of sp³-hybridized carbons (Fsp3) is 0.429. The van der Waals surface area contributed by atoms with E-state index in [0.717, 1.165) is 42.4 Å². The molecule has 1 aromatic carbocycles. The zero-order valence-corrected chi connectivity index (χ0v) is 10.9. The molecule has 1 saturated carbocycles. The minimum absolute atomic E-state index is 0.352. The molecule has 3 nitrogen and oxygen atoms in total. The Balaban J connectivity index is 1.82. The summed E-state index contributed by atoms with van der Waals surface area (Å²) in [6.45, 7) is 0. The molecular weight excluding hydrogens is 246 g/mol. The number of hydrogen-bond acceptors (Lipinski definition) is 3. The zero-order chi connectivity index (χ0) is 12.4. The van der Waals surface area contributed by atoms with Gasteiger partial charge in [-0.25, -0.2) is 9.97 Å². The van der Waals surface area contributed by atoms with Crippen molar-refractivity contribution in [3.63, 3.8) is 0 Å². The minimum Gasteiger partial charge on any atom is -0.367 e. The highest BCUT2D eigenvalue weighted by atomic mass is 35.5. The summed E-state index contributed by atoms with van der Waals surface area (Å²) in [6, 6.07) is 8.57. The first-order valence-corrected chi connectivity index (χ1v) is 6.87. The summed E-state index contributed by atoms with van der Waals surface area (Å²) in [5.74, 6) is 0.943. The number of rotatable bonds is 2. The van der Waals surface area contributed by atoms with Crippen LogP contribution in [0.3, 0.4) is 0 Å². The number of nitrogens with one attached hydrogen (secondary N) is 1. The highest BCUT2D eigenvalue weighted by Crippen LogP contribution is 2.27. The Labute approximate surface area is 112 Å². The van der Waals surface area contributed by atoms with Crippen LogP contribution in [0.15, 0.2) is 30.6 Å². The Kier molecular flexibility index (Phi) is 3.33. The van der Waals surface area contributed by atoms with Crippen LogP contribution in [0.25, 0.3) is 10.9 Å². The van der Waals surface area contributed by atoms with Gasteiger partial charge in [0.1, 0.15) is 12.1 Å². The standard InChI is InChI=1S/C14H16ClN3/c15-10-5-7-11(8-6-10)18-14-12-3-1-2-4-13(12)16-9-17-14/h1-4,9-11H,5-8H2,(H,16,17,18). The van der Waals surface area contributed by atoms with Crippen LogP contribution in [0, 0.1) is 0 Å². The molecule has 3 rings (SSSR count). The summed E-state index contributed by atoms with van der Waals surface area (Å²) in [6.07, 6.45) is 6.03. The van der Waals surface area contributed by atoms with Gasteiger partial charge in [0.25, 0.3) is 0 Å². The summed E-state index contributed by atoms with van der Waals surface area (Å²) < 4.78 is 0. The van der Waals surface area contributed by atoms with Crippen LogP contribution in [0.1, 0.15) is 25.7 Å². The first-order valence-electron chi connectivity index (χ1n) is 6.43. The third-order valence-electron chi connectivity index (χ3n) is 3.54. The monoisotopic (exact) mass is 261 g/mol. The fourth-order valence-electron chi connectivity index (χ4n) is 2.51. The van der Waals surface area contributed by atoms with Crippen molar-refractivity contribution in [1.82, 2.24) is 9.97 Å². The van der Waals surface area contributed by atoms with Crippen LogP contribution < -0.4 is 5.32 Å². The number of anilines is 1. The molecule has 0 spiro atoms. The summed E-state index contributed by atoms with van der Waals surface area (Å²) in [7, 11) is 0. The Morgan fingerprint density at radius 2 is 1.83 bits per heavy atom. The summed E-state index contributed by atoms with van der Waals surface area (Å²) >= 11 is 6.13. The van der Waals surface area contributed by atoms with Gasteiger partial charge in [0.2, 0.25) is 0 Å². The number of benzene rings is 1. The molecule has 0 bridgehead atoms. The third-order valence-corrected chi connectivity index (χ3v) is 3.98. The highest BCUT2D eigenvalue weighted by molar-refractivity contribution is 6.20. The van der Waals surface area contributed by atoms with E-state index in [4.69, 9.17) is 11.6 Å². The molecule has 1 aliphatic carbocycles. The topological polar surface area (TPSA) is 37.8 Å². The van der Waals surface area contributed by atoms with E-state index in [1.807, 2.05) is 18.2 Å². The SMILES string of the molecule is ClC1CCC(Nc2ncnc3ccccc23)CC1. The van der Waals surface area contributed by atoms with Crippen molar-refractivity contribution < 1.29 is 0 Å². The van der Waals surface area contributed by atoms with E-state index in [2.05, 4.69) is 21.4 Å². The largest absolute Gasteiger partial charge is 0.367 e. The Morgan fingerprint density at radius 3 is 2.67 bits per heavy atom. The van der Waals surface area contributed by atoms with Gasteiger partial charge in [0.05, 0.1) is 5.52 Å². The molecule has 0 unspecified atom stereocenters. The van der Waals surface area contributed by atoms with Gasteiger partial charge in [0, 0.05) is 16.8 Å². The van der Waals surface area contributed by atoms with Crippen LogP contribution in [-0.4, -0.2) is 21.4 Å². The molecule has 1 fully saturated rings. The van der Waals surface area contributed by atoms with Gasteiger partial charge in [0.15, 0.2) is 0 Å². The number of hydrogen-bond donors (Lipinski definition) is 1. The van der Waals surface area contributed by atoms with Crippen LogP contribution >= 0.6 is 11.6 Å².